The average molecular weight is 343 g/mol. The fraction of sp³-hybridized carbons (Fsp3) is 0.474. The van der Waals surface area contributed by atoms with Gasteiger partial charge in [-0.05, 0) is 46.5 Å². The number of urea groups is 1. The molecule has 2 amide bonds. The van der Waals surface area contributed by atoms with Crippen molar-refractivity contribution in [3.63, 3.8) is 0 Å². The summed E-state index contributed by atoms with van der Waals surface area (Å²) in [6, 6.07) is 8.12. The third kappa shape index (κ3) is 4.60. The van der Waals surface area contributed by atoms with Crippen LogP contribution in [0, 0.1) is 20.8 Å². The van der Waals surface area contributed by atoms with Crippen LogP contribution < -0.4 is 5.32 Å². The summed E-state index contributed by atoms with van der Waals surface area (Å²) in [7, 11) is 5.79. The van der Waals surface area contributed by atoms with Crippen molar-refractivity contribution in [1.82, 2.24) is 24.9 Å². The van der Waals surface area contributed by atoms with E-state index in [0.717, 1.165) is 29.2 Å². The van der Waals surface area contributed by atoms with Gasteiger partial charge in [0, 0.05) is 31.4 Å². The van der Waals surface area contributed by atoms with Gasteiger partial charge in [-0.15, -0.1) is 0 Å². The van der Waals surface area contributed by atoms with Gasteiger partial charge in [0.25, 0.3) is 0 Å². The van der Waals surface area contributed by atoms with Gasteiger partial charge in [-0.25, -0.2) is 9.48 Å². The molecule has 6 heteroatoms. The number of nitrogens with zero attached hydrogens (tertiary/aromatic N) is 4. The number of aryl methyl sites for hydroxylation is 2. The van der Waals surface area contributed by atoms with Crippen LogP contribution in [-0.4, -0.2) is 59.8 Å². The van der Waals surface area contributed by atoms with Crippen LogP contribution in [0.1, 0.15) is 22.5 Å². The van der Waals surface area contributed by atoms with E-state index in [-0.39, 0.29) is 6.03 Å². The normalized spacial score (nSPS) is 11.0. The largest absolute Gasteiger partial charge is 0.337 e. The van der Waals surface area contributed by atoms with Crippen LogP contribution in [0.2, 0.25) is 0 Å². The number of aromatic nitrogens is 2. The SMILES string of the molecule is Cc1ccccc1-n1nc(C)c(CN(C)C(=O)NCCN(C)C)c1C. The number of likely N-dealkylation sites (N-methyl/N-ethyl adjacent to an activating group) is 1. The summed E-state index contributed by atoms with van der Waals surface area (Å²) >= 11 is 0. The highest BCUT2D eigenvalue weighted by atomic mass is 16.2. The summed E-state index contributed by atoms with van der Waals surface area (Å²) in [6.45, 7) is 8.13. The quantitative estimate of drug-likeness (QED) is 0.877. The molecule has 0 saturated carbocycles. The van der Waals surface area contributed by atoms with E-state index in [0.29, 0.717) is 13.1 Å². The topological polar surface area (TPSA) is 53.4 Å². The Labute approximate surface area is 150 Å². The number of rotatable bonds is 6. The Morgan fingerprint density at radius 2 is 1.84 bits per heavy atom. The smallest absolute Gasteiger partial charge is 0.317 e. The predicted octanol–water partition coefficient (Wildman–Crippen LogP) is 2.50. The van der Waals surface area contributed by atoms with Crippen LogP contribution in [0.3, 0.4) is 0 Å². The molecule has 0 fully saturated rings. The molecule has 1 N–H and O–H groups in total. The van der Waals surface area contributed by atoms with Crippen molar-refractivity contribution >= 4 is 6.03 Å². The van der Waals surface area contributed by atoms with Crippen molar-refractivity contribution in [2.75, 3.05) is 34.2 Å². The summed E-state index contributed by atoms with van der Waals surface area (Å²) < 4.78 is 1.97. The number of benzene rings is 1. The molecular weight excluding hydrogens is 314 g/mol. The number of carbonyl (C=O) groups is 1. The number of hydrogen-bond donors (Lipinski definition) is 1. The van der Waals surface area contributed by atoms with Gasteiger partial charge in [0.15, 0.2) is 0 Å². The minimum absolute atomic E-state index is 0.0655. The number of nitrogens with one attached hydrogen (secondary N) is 1. The van der Waals surface area contributed by atoms with Crippen LogP contribution in [0.25, 0.3) is 5.69 Å². The van der Waals surface area contributed by atoms with Gasteiger partial charge < -0.3 is 15.1 Å². The molecule has 0 bridgehead atoms. The minimum Gasteiger partial charge on any atom is -0.337 e. The van der Waals surface area contributed by atoms with E-state index in [1.807, 2.05) is 49.8 Å². The Hall–Kier alpha value is -2.34. The van der Waals surface area contributed by atoms with Crippen LogP contribution >= 0.6 is 0 Å². The lowest BCUT2D eigenvalue weighted by Gasteiger charge is -2.19. The van der Waals surface area contributed by atoms with E-state index in [1.165, 1.54) is 5.56 Å². The van der Waals surface area contributed by atoms with Crippen LogP contribution in [0.15, 0.2) is 24.3 Å². The van der Waals surface area contributed by atoms with Crippen molar-refractivity contribution in [2.24, 2.45) is 0 Å². The Morgan fingerprint density at radius 3 is 2.48 bits per heavy atom. The van der Waals surface area contributed by atoms with Crippen LogP contribution in [-0.2, 0) is 6.54 Å². The van der Waals surface area contributed by atoms with Gasteiger partial charge in [-0.2, -0.15) is 5.10 Å². The van der Waals surface area contributed by atoms with E-state index in [2.05, 4.69) is 31.3 Å². The maximum atomic E-state index is 12.3. The monoisotopic (exact) mass is 343 g/mol. The Bertz CT molecular complexity index is 735. The highest BCUT2D eigenvalue weighted by molar-refractivity contribution is 5.73. The van der Waals surface area contributed by atoms with Crippen LogP contribution in [0.5, 0.6) is 0 Å². The molecule has 2 aromatic rings. The molecule has 1 aromatic carbocycles. The summed E-state index contributed by atoms with van der Waals surface area (Å²) in [5, 5.41) is 7.63. The van der Waals surface area contributed by atoms with Crippen molar-refractivity contribution in [2.45, 2.75) is 27.3 Å². The zero-order valence-corrected chi connectivity index (χ0v) is 16.1. The molecule has 0 radical (unpaired) electrons. The molecule has 0 aliphatic rings. The number of hydrogen-bond acceptors (Lipinski definition) is 3. The zero-order valence-electron chi connectivity index (χ0n) is 16.1. The van der Waals surface area contributed by atoms with Crippen molar-refractivity contribution in [3.05, 3.63) is 46.8 Å². The van der Waals surface area contributed by atoms with Gasteiger partial charge in [0.1, 0.15) is 0 Å². The van der Waals surface area contributed by atoms with Gasteiger partial charge in [0.2, 0.25) is 0 Å². The van der Waals surface area contributed by atoms with Gasteiger partial charge in [-0.1, -0.05) is 18.2 Å². The molecule has 136 valence electrons. The maximum Gasteiger partial charge on any atom is 0.317 e. The lowest BCUT2D eigenvalue weighted by Crippen LogP contribution is -2.40. The molecular formula is C19H29N5O. The Kier molecular flexibility index (Phi) is 6.20. The predicted molar refractivity (Wildman–Crippen MR) is 101 cm³/mol. The van der Waals surface area contributed by atoms with Gasteiger partial charge in [-0.3, -0.25) is 0 Å². The molecule has 1 heterocycles. The molecule has 0 saturated heterocycles. The van der Waals surface area contributed by atoms with Crippen molar-refractivity contribution in [1.29, 1.82) is 0 Å². The first-order chi connectivity index (χ1) is 11.8. The second kappa shape index (κ2) is 8.16. The lowest BCUT2D eigenvalue weighted by molar-refractivity contribution is 0.205. The number of para-hydroxylation sites is 1. The van der Waals surface area contributed by atoms with Crippen LogP contribution in [0.4, 0.5) is 4.79 Å². The summed E-state index contributed by atoms with van der Waals surface area (Å²) in [4.78, 5) is 16.0. The van der Waals surface area contributed by atoms with Gasteiger partial charge >= 0.3 is 6.03 Å². The number of amides is 2. The maximum absolute atomic E-state index is 12.3. The first kappa shape index (κ1) is 19.0. The lowest BCUT2D eigenvalue weighted by atomic mass is 10.1. The molecule has 25 heavy (non-hydrogen) atoms. The van der Waals surface area contributed by atoms with E-state index in [1.54, 1.807) is 4.90 Å². The second-order valence-electron chi connectivity index (χ2n) is 6.74. The zero-order chi connectivity index (χ0) is 18.6. The van der Waals surface area contributed by atoms with E-state index >= 15 is 0 Å². The molecule has 0 aliphatic carbocycles. The number of carbonyl (C=O) groups excluding carboxylic acids is 1. The standard InChI is InChI=1S/C19H29N5O/c1-14-9-7-8-10-18(14)24-16(3)17(15(2)21-24)13-23(6)19(25)20-11-12-22(4)5/h7-10H,11-13H2,1-6H3,(H,20,25). The first-order valence-corrected chi connectivity index (χ1v) is 8.56. The summed E-state index contributed by atoms with van der Waals surface area (Å²) in [6.07, 6.45) is 0. The molecule has 2 rings (SSSR count). The Balaban J connectivity index is 2.13. The van der Waals surface area contributed by atoms with E-state index in [4.69, 9.17) is 5.10 Å². The minimum atomic E-state index is -0.0655. The highest BCUT2D eigenvalue weighted by Crippen LogP contribution is 2.21. The average Bonchev–Trinajstić information content (AvgIpc) is 2.82. The molecule has 0 unspecified atom stereocenters. The molecule has 6 nitrogen and oxygen atoms in total. The Morgan fingerprint density at radius 1 is 1.16 bits per heavy atom. The van der Waals surface area contributed by atoms with E-state index in [9.17, 15) is 4.79 Å². The highest BCUT2D eigenvalue weighted by Gasteiger charge is 2.17. The van der Waals surface area contributed by atoms with Crippen molar-refractivity contribution < 1.29 is 4.79 Å². The summed E-state index contributed by atoms with van der Waals surface area (Å²) in [5.41, 5.74) is 5.36. The fourth-order valence-corrected chi connectivity index (χ4v) is 2.77. The summed E-state index contributed by atoms with van der Waals surface area (Å²) in [5.74, 6) is 0. The molecule has 0 spiro atoms. The fourth-order valence-electron chi connectivity index (χ4n) is 2.77. The molecule has 1 aromatic heterocycles. The third-order valence-electron chi connectivity index (χ3n) is 4.36. The first-order valence-electron chi connectivity index (χ1n) is 8.56. The molecule has 0 atom stereocenters. The van der Waals surface area contributed by atoms with Crippen molar-refractivity contribution in [3.8, 4) is 5.69 Å². The van der Waals surface area contributed by atoms with Gasteiger partial charge in [0.05, 0.1) is 17.9 Å². The molecule has 0 aliphatic heterocycles. The second-order valence-corrected chi connectivity index (χ2v) is 6.74. The third-order valence-corrected chi connectivity index (χ3v) is 4.36. The van der Waals surface area contributed by atoms with E-state index < -0.39 is 0 Å².